The highest BCUT2D eigenvalue weighted by Gasteiger charge is 2.51. The monoisotopic (exact) mass is 845 g/mol. The molecule has 0 saturated heterocycles. The molecule has 58 heavy (non-hydrogen) atoms. The van der Waals surface area contributed by atoms with Gasteiger partial charge >= 0.3 is 19.8 Å². The molecule has 6 N–H and O–H groups in total. The number of carbonyl (C=O) groups excluding carboxylic acids is 2. The molecule has 1 fully saturated rings. The Morgan fingerprint density at radius 1 is 0.534 bits per heavy atom. The largest absolute Gasteiger partial charge is 0.472 e. The number of allylic oxidation sites excluding steroid dienone is 8. The molecule has 0 spiro atoms. The first kappa shape index (κ1) is 53.8. The summed E-state index contributed by atoms with van der Waals surface area (Å²) in [6, 6.07) is 0. The fourth-order valence-corrected chi connectivity index (χ4v) is 7.30. The highest BCUT2D eigenvalue weighted by Crippen LogP contribution is 2.47. The molecule has 0 aliphatic heterocycles. The minimum atomic E-state index is -5.12. The van der Waals surface area contributed by atoms with Crippen molar-refractivity contribution in [1.29, 1.82) is 0 Å². The summed E-state index contributed by atoms with van der Waals surface area (Å²) in [7, 11) is -5.12. The zero-order valence-corrected chi connectivity index (χ0v) is 36.2. The molecule has 0 aromatic heterocycles. The second-order valence-corrected chi connectivity index (χ2v) is 16.6. The van der Waals surface area contributed by atoms with E-state index in [-0.39, 0.29) is 12.8 Å². The van der Waals surface area contributed by atoms with Crippen molar-refractivity contribution in [3.8, 4) is 0 Å². The first-order valence-electron chi connectivity index (χ1n) is 21.9. The number of phosphoric ester groups is 1. The van der Waals surface area contributed by atoms with Crippen LogP contribution in [0.3, 0.4) is 0 Å². The van der Waals surface area contributed by atoms with E-state index in [0.29, 0.717) is 12.8 Å². The lowest BCUT2D eigenvalue weighted by Gasteiger charge is -2.41. The molecular weight excluding hydrogens is 767 g/mol. The third-order valence-electron chi connectivity index (χ3n) is 9.92. The van der Waals surface area contributed by atoms with Crippen molar-refractivity contribution in [1.82, 2.24) is 0 Å². The lowest BCUT2D eigenvalue weighted by atomic mass is 9.85. The van der Waals surface area contributed by atoms with Crippen molar-refractivity contribution in [3.05, 3.63) is 48.6 Å². The number of unbranched alkanes of at least 4 members (excludes halogenated alkanes) is 15. The Bertz CT molecular complexity index is 1210. The molecule has 0 amide bonds. The average Bonchev–Trinajstić information content (AvgIpc) is 3.20. The Morgan fingerprint density at radius 3 is 1.45 bits per heavy atom. The highest BCUT2D eigenvalue weighted by atomic mass is 31.2. The molecule has 0 aromatic rings. The summed E-state index contributed by atoms with van der Waals surface area (Å²) in [5, 5.41) is 50.0. The van der Waals surface area contributed by atoms with Crippen molar-refractivity contribution in [2.24, 2.45) is 0 Å². The van der Waals surface area contributed by atoms with Crippen molar-refractivity contribution < 1.29 is 63.1 Å². The molecule has 14 heteroatoms. The maximum absolute atomic E-state index is 12.8. The van der Waals surface area contributed by atoms with E-state index in [1.807, 2.05) is 0 Å². The van der Waals surface area contributed by atoms with E-state index in [9.17, 15) is 44.6 Å². The summed E-state index contributed by atoms with van der Waals surface area (Å²) in [4.78, 5) is 35.5. The minimum Gasteiger partial charge on any atom is -0.462 e. The number of esters is 2. The number of phosphoric acid groups is 1. The number of carbonyl (C=O) groups is 2. The van der Waals surface area contributed by atoms with Gasteiger partial charge in [-0.15, -0.1) is 0 Å². The quantitative estimate of drug-likeness (QED) is 0.0155. The molecule has 0 heterocycles. The van der Waals surface area contributed by atoms with Gasteiger partial charge in [-0.05, 0) is 57.8 Å². The topological polar surface area (TPSA) is 210 Å². The standard InChI is InChI=1S/C44H77O13P/c1-3-5-7-9-11-13-15-16-17-18-19-20-21-22-23-25-27-29-31-33-38(46)56-36(34-54-37(45)32-30-28-26-24-14-12-10-8-6-4-2)35-55-58(52,53)57-44-42(50)40(48)39(47)41(49)43(44)51/h11,13,16-17,19-20,22-23,36,39-44,47-51H,3-10,12,14-15,18,21,24-35H2,1-2H3,(H,52,53)/b13-11-,17-16-,20-19-,23-22-/t36-,39?,40-,41?,42?,43?,44?/m1/s1. The molecule has 1 rings (SSSR count). The van der Waals surface area contributed by atoms with E-state index < -0.39 is 75.7 Å². The summed E-state index contributed by atoms with van der Waals surface area (Å²) >= 11 is 0. The van der Waals surface area contributed by atoms with E-state index in [4.69, 9.17) is 18.5 Å². The van der Waals surface area contributed by atoms with Crippen LogP contribution in [0.15, 0.2) is 48.6 Å². The van der Waals surface area contributed by atoms with Crippen LogP contribution >= 0.6 is 7.82 Å². The summed E-state index contributed by atoms with van der Waals surface area (Å²) in [6.45, 7) is 3.21. The van der Waals surface area contributed by atoms with E-state index in [1.54, 1.807) is 0 Å². The molecule has 1 saturated carbocycles. The lowest BCUT2D eigenvalue weighted by Crippen LogP contribution is -2.64. The Hall–Kier alpha value is -2.19. The predicted molar refractivity (Wildman–Crippen MR) is 226 cm³/mol. The molecule has 0 bridgehead atoms. The van der Waals surface area contributed by atoms with Crippen molar-refractivity contribution in [3.63, 3.8) is 0 Å². The summed E-state index contributed by atoms with van der Waals surface area (Å²) < 4.78 is 33.4. The third-order valence-corrected chi connectivity index (χ3v) is 10.9. The van der Waals surface area contributed by atoms with Crippen LogP contribution < -0.4 is 0 Å². The second-order valence-electron chi connectivity index (χ2n) is 15.2. The molecule has 1 aliphatic carbocycles. The van der Waals surface area contributed by atoms with Crippen molar-refractivity contribution in [2.45, 2.75) is 204 Å². The average molecular weight is 845 g/mol. The van der Waals surface area contributed by atoms with Crippen LogP contribution in [0.25, 0.3) is 0 Å². The summed E-state index contributed by atoms with van der Waals surface area (Å²) in [5.41, 5.74) is 0. The summed E-state index contributed by atoms with van der Waals surface area (Å²) in [5.74, 6) is -1.14. The molecule has 8 atom stereocenters. The maximum atomic E-state index is 12.8. The molecular formula is C44H77O13P. The number of aliphatic hydroxyl groups excluding tert-OH is 5. The smallest absolute Gasteiger partial charge is 0.462 e. The van der Waals surface area contributed by atoms with Crippen LogP contribution in [-0.4, -0.2) is 98.3 Å². The lowest BCUT2D eigenvalue weighted by molar-refractivity contribution is -0.220. The SMILES string of the molecule is CCCCC/C=C\C/C=C\C/C=C\C/C=C\CCCCCC(=O)O[C@H](COC(=O)CCCCCCCCCCCC)COP(=O)(O)OC1C(O)C(O)C(O)[C@@H](O)C1O. The zero-order chi connectivity index (χ0) is 42.9. The fraction of sp³-hybridized carbons (Fsp3) is 0.773. The first-order chi connectivity index (χ1) is 27.9. The number of ether oxygens (including phenoxy) is 2. The normalized spacial score (nSPS) is 23.0. The van der Waals surface area contributed by atoms with Crippen LogP contribution in [0.5, 0.6) is 0 Å². The Morgan fingerprint density at radius 2 is 0.931 bits per heavy atom. The van der Waals surface area contributed by atoms with Gasteiger partial charge in [0.25, 0.3) is 0 Å². The fourth-order valence-electron chi connectivity index (χ4n) is 6.33. The third kappa shape index (κ3) is 26.8. The van der Waals surface area contributed by atoms with E-state index in [1.165, 1.54) is 57.8 Å². The van der Waals surface area contributed by atoms with Crippen LogP contribution in [0.1, 0.15) is 162 Å². The molecule has 6 unspecified atom stereocenters. The number of aliphatic hydroxyl groups is 5. The molecule has 336 valence electrons. The van der Waals surface area contributed by atoms with E-state index >= 15 is 0 Å². The zero-order valence-electron chi connectivity index (χ0n) is 35.3. The van der Waals surface area contributed by atoms with Crippen LogP contribution in [0, 0.1) is 0 Å². The number of rotatable bonds is 35. The van der Waals surface area contributed by atoms with Crippen molar-refractivity contribution in [2.75, 3.05) is 13.2 Å². The van der Waals surface area contributed by atoms with Gasteiger partial charge < -0.3 is 39.9 Å². The van der Waals surface area contributed by atoms with Gasteiger partial charge in [0.1, 0.15) is 43.2 Å². The van der Waals surface area contributed by atoms with Crippen LogP contribution in [0.2, 0.25) is 0 Å². The van der Waals surface area contributed by atoms with Crippen LogP contribution in [-0.2, 0) is 32.7 Å². The molecule has 1 aliphatic rings. The van der Waals surface area contributed by atoms with Crippen molar-refractivity contribution >= 4 is 19.8 Å². The minimum absolute atomic E-state index is 0.0590. The van der Waals surface area contributed by atoms with Gasteiger partial charge in [-0.2, -0.15) is 0 Å². The Labute approximate surface area is 348 Å². The second kappa shape index (κ2) is 34.5. The number of hydrogen-bond donors (Lipinski definition) is 6. The first-order valence-corrected chi connectivity index (χ1v) is 23.4. The van der Waals surface area contributed by atoms with Gasteiger partial charge in [-0.1, -0.05) is 140 Å². The molecule has 0 radical (unpaired) electrons. The van der Waals surface area contributed by atoms with Gasteiger partial charge in [-0.3, -0.25) is 18.6 Å². The molecule has 0 aromatic carbocycles. The molecule has 13 nitrogen and oxygen atoms in total. The van der Waals surface area contributed by atoms with Gasteiger partial charge in [-0.25, -0.2) is 4.57 Å². The number of hydrogen-bond acceptors (Lipinski definition) is 12. The Balaban J connectivity index is 2.50. The highest BCUT2D eigenvalue weighted by molar-refractivity contribution is 7.47. The van der Waals surface area contributed by atoms with Gasteiger partial charge in [0.05, 0.1) is 6.61 Å². The Kier molecular flexibility index (Phi) is 32.0. The van der Waals surface area contributed by atoms with Crippen LogP contribution in [0.4, 0.5) is 0 Å². The van der Waals surface area contributed by atoms with Gasteiger partial charge in [0.15, 0.2) is 6.10 Å². The van der Waals surface area contributed by atoms with E-state index in [2.05, 4.69) is 62.5 Å². The van der Waals surface area contributed by atoms with Gasteiger partial charge in [0, 0.05) is 12.8 Å². The predicted octanol–water partition coefficient (Wildman–Crippen LogP) is 8.00. The summed E-state index contributed by atoms with van der Waals surface area (Å²) in [6.07, 6.45) is 26.1. The van der Waals surface area contributed by atoms with Gasteiger partial charge in [0.2, 0.25) is 0 Å². The maximum Gasteiger partial charge on any atom is 0.472 e. The van der Waals surface area contributed by atoms with E-state index in [0.717, 1.165) is 64.2 Å².